The number of ether oxygens (including phenoxy) is 1. The Morgan fingerprint density at radius 2 is 1.72 bits per heavy atom. The topological polar surface area (TPSA) is 273 Å². The molecule has 17 nitrogen and oxygen atoms in total. The van der Waals surface area contributed by atoms with E-state index in [9.17, 15) is 29.3 Å². The number of non-ortho nitro benzene ring substituents is 1. The number of esters is 1. The van der Waals surface area contributed by atoms with Crippen molar-refractivity contribution >= 4 is 47.0 Å². The van der Waals surface area contributed by atoms with Gasteiger partial charge in [0.25, 0.3) is 17.6 Å². The molecule has 0 aliphatic heterocycles. The van der Waals surface area contributed by atoms with Gasteiger partial charge in [-0.15, -0.1) is 0 Å². The lowest BCUT2D eigenvalue weighted by atomic mass is 9.84. The minimum Gasteiger partial charge on any atom is -0.481 e. The zero-order chi connectivity index (χ0) is 32.6. The molecule has 1 atom stereocenters. The normalized spacial score (nSPS) is 14.0. The lowest BCUT2D eigenvalue weighted by Crippen LogP contribution is -2.68. The second-order valence-corrected chi connectivity index (χ2v) is 9.61. The number of benzene rings is 1. The molecule has 1 aromatic rings. The van der Waals surface area contributed by atoms with Gasteiger partial charge in [-0.25, -0.2) is 4.79 Å². The number of carbonyl (C=O) groups excluding carboxylic acids is 4. The number of nitro benzene ring substituents is 1. The number of anilines is 1. The average Bonchev–Trinajstić information content (AvgIpc) is 2.97. The number of rotatable bonds is 13. The van der Waals surface area contributed by atoms with Gasteiger partial charge in [-0.3, -0.25) is 34.7 Å². The van der Waals surface area contributed by atoms with Gasteiger partial charge in [-0.2, -0.15) is 0 Å². The molecule has 17 heteroatoms. The van der Waals surface area contributed by atoms with Crippen LogP contribution in [0.2, 0.25) is 0 Å². The fourth-order valence-corrected chi connectivity index (χ4v) is 4.67. The molecular weight excluding hydrogens is 568 g/mol. The van der Waals surface area contributed by atoms with Crippen LogP contribution in [0.3, 0.4) is 0 Å². The van der Waals surface area contributed by atoms with E-state index in [1.807, 2.05) is 0 Å². The lowest BCUT2D eigenvalue weighted by Gasteiger charge is -2.46. The molecule has 0 unspecified atom stereocenters. The molecule has 0 spiro atoms. The van der Waals surface area contributed by atoms with Gasteiger partial charge in [0, 0.05) is 37.3 Å². The van der Waals surface area contributed by atoms with Crippen LogP contribution in [0.1, 0.15) is 51.9 Å². The summed E-state index contributed by atoms with van der Waals surface area (Å²) in [6.45, 7) is 0.355. The molecular formula is C26H40N8O9. The van der Waals surface area contributed by atoms with Crippen molar-refractivity contribution in [3.05, 3.63) is 34.4 Å². The van der Waals surface area contributed by atoms with Crippen molar-refractivity contribution in [2.45, 2.75) is 63.5 Å². The number of amides is 3. The van der Waals surface area contributed by atoms with Gasteiger partial charge >= 0.3 is 5.97 Å². The van der Waals surface area contributed by atoms with Crippen molar-refractivity contribution in [3.8, 4) is 0 Å². The molecule has 238 valence electrons. The fraction of sp³-hybridized carbons (Fsp3) is 0.538. The van der Waals surface area contributed by atoms with Gasteiger partial charge in [-0.1, -0.05) is 19.3 Å². The first-order valence-corrected chi connectivity index (χ1v) is 13.5. The molecule has 0 aromatic heterocycles. The summed E-state index contributed by atoms with van der Waals surface area (Å²) < 4.78 is 5.09. The van der Waals surface area contributed by atoms with Crippen molar-refractivity contribution in [2.75, 3.05) is 32.1 Å². The van der Waals surface area contributed by atoms with Crippen LogP contribution in [0.25, 0.3) is 0 Å². The third kappa shape index (κ3) is 11.2. The highest BCUT2D eigenvalue weighted by Crippen LogP contribution is 2.34. The number of carboxylic acids is 1. The number of aliphatic carboxylic acids is 1. The number of hydrogen-bond acceptors (Lipinski definition) is 10. The van der Waals surface area contributed by atoms with E-state index in [2.05, 4.69) is 16.0 Å². The molecule has 1 saturated carbocycles. The summed E-state index contributed by atoms with van der Waals surface area (Å²) in [6.07, 6.45) is 3.41. The third-order valence-corrected chi connectivity index (χ3v) is 6.51. The van der Waals surface area contributed by atoms with Gasteiger partial charge in [0.05, 0.1) is 25.1 Å². The number of nitro groups is 1. The molecule has 43 heavy (non-hydrogen) atoms. The van der Waals surface area contributed by atoms with E-state index in [1.54, 1.807) is 0 Å². The van der Waals surface area contributed by atoms with Gasteiger partial charge in [-0.05, 0) is 37.8 Å². The summed E-state index contributed by atoms with van der Waals surface area (Å²) in [6, 6.07) is 4.49. The highest BCUT2D eigenvalue weighted by molar-refractivity contribution is 6.15. The largest absolute Gasteiger partial charge is 0.481 e. The highest BCUT2D eigenvalue weighted by atomic mass is 16.6. The van der Waals surface area contributed by atoms with Crippen molar-refractivity contribution in [1.82, 2.24) is 15.5 Å². The van der Waals surface area contributed by atoms with Crippen molar-refractivity contribution < 1.29 is 38.7 Å². The number of carboxylic acid groups (broad SMARTS) is 1. The number of nitrogens with zero attached hydrogens (tertiary/aromatic N) is 2. The van der Waals surface area contributed by atoms with E-state index in [0.29, 0.717) is 12.8 Å². The fourth-order valence-electron chi connectivity index (χ4n) is 4.67. The minimum atomic E-state index is -2.17. The Morgan fingerprint density at radius 3 is 2.21 bits per heavy atom. The van der Waals surface area contributed by atoms with Gasteiger partial charge in [0.15, 0.2) is 5.96 Å². The Labute approximate surface area is 248 Å². The highest BCUT2D eigenvalue weighted by Gasteiger charge is 2.55. The van der Waals surface area contributed by atoms with Gasteiger partial charge in [0.2, 0.25) is 17.4 Å². The van der Waals surface area contributed by atoms with E-state index < -0.39 is 52.7 Å². The molecule has 0 saturated heterocycles. The molecule has 0 heterocycles. The number of hydrogen-bond donors (Lipinski definition) is 7. The first-order valence-electron chi connectivity index (χ1n) is 13.5. The summed E-state index contributed by atoms with van der Waals surface area (Å²) in [5.74, 6) is -4.27. The number of guanidine groups is 1. The maximum absolute atomic E-state index is 14.0. The summed E-state index contributed by atoms with van der Waals surface area (Å²) in [5, 5.41) is 33.5. The molecule has 1 aromatic carbocycles. The Bertz CT molecular complexity index is 1150. The maximum atomic E-state index is 14.0. The molecule has 3 amide bonds. The number of nitrogens with two attached hydrogens (primary N) is 2. The molecule has 0 bridgehead atoms. The van der Waals surface area contributed by atoms with E-state index in [4.69, 9.17) is 31.5 Å². The van der Waals surface area contributed by atoms with Crippen LogP contribution in [0.4, 0.5) is 11.4 Å². The van der Waals surface area contributed by atoms with E-state index in [0.717, 1.165) is 33.3 Å². The van der Waals surface area contributed by atoms with Crippen LogP contribution in [-0.2, 0) is 28.7 Å². The summed E-state index contributed by atoms with van der Waals surface area (Å²) in [4.78, 5) is 73.7. The Hall–Kier alpha value is -4.80. The predicted molar refractivity (Wildman–Crippen MR) is 155 cm³/mol. The molecule has 9 N–H and O–H groups in total. The van der Waals surface area contributed by atoms with Gasteiger partial charge in [0.1, 0.15) is 0 Å². The zero-order valence-corrected chi connectivity index (χ0v) is 24.2. The van der Waals surface area contributed by atoms with Crippen LogP contribution in [0, 0.1) is 15.5 Å². The number of carbonyl (C=O) groups is 5. The number of nitrogens with one attached hydrogen (secondary N) is 4. The maximum Gasteiger partial charge on any atom is 0.341 e. The third-order valence-electron chi connectivity index (χ3n) is 6.51. The monoisotopic (exact) mass is 608 g/mol. The Morgan fingerprint density at radius 1 is 1.14 bits per heavy atom. The van der Waals surface area contributed by atoms with Crippen molar-refractivity contribution in [3.63, 3.8) is 0 Å². The molecule has 1 aliphatic rings. The van der Waals surface area contributed by atoms with Crippen LogP contribution in [0.15, 0.2) is 24.3 Å². The first-order chi connectivity index (χ1) is 20.3. The second-order valence-electron chi connectivity index (χ2n) is 9.61. The van der Waals surface area contributed by atoms with Crippen LogP contribution < -0.4 is 27.4 Å². The second kappa shape index (κ2) is 17.9. The van der Waals surface area contributed by atoms with Crippen LogP contribution >= 0.6 is 0 Å². The lowest BCUT2D eigenvalue weighted by molar-refractivity contribution is -0.384. The summed E-state index contributed by atoms with van der Waals surface area (Å²) in [5.41, 5.74) is 8.52. The summed E-state index contributed by atoms with van der Waals surface area (Å²) in [7, 11) is 1.10. The Balaban J connectivity index is 0.00000217. The SMILES string of the molecule is CC(=O)O.COC(=O)[C@](CCCNC(=N)N)(C(=O)Nc1ccc([N+](=O)[O-])cc1)N(C(=O)CNC(=O)CN)C1CCCCC1. The van der Waals surface area contributed by atoms with E-state index >= 15 is 0 Å². The standard InChI is InChI=1S/C24H36N8O7.C2H4O2/c1-39-22(36)24(12-5-13-28-23(26)27,21(35)30-16-8-10-18(11-9-16)32(37)38)31(17-6-3-2-4-7-17)20(34)15-29-19(33)14-25;1-2(3)4/h8-11,17H,2-7,12-15,25H2,1H3,(H,29,33)(H,30,35)(H4,26,27,28);1H3,(H,3,4)/t24-;/m0./s1. The van der Waals surface area contributed by atoms with E-state index in [-0.39, 0.29) is 43.3 Å². The molecule has 2 rings (SSSR count). The molecule has 1 aliphatic carbocycles. The minimum absolute atomic E-state index is 0.121. The number of methoxy groups -OCH3 is 1. The van der Waals surface area contributed by atoms with Crippen molar-refractivity contribution in [2.24, 2.45) is 11.5 Å². The van der Waals surface area contributed by atoms with E-state index in [1.165, 1.54) is 29.2 Å². The van der Waals surface area contributed by atoms with Crippen LogP contribution in [-0.4, -0.2) is 88.9 Å². The summed E-state index contributed by atoms with van der Waals surface area (Å²) >= 11 is 0. The zero-order valence-electron chi connectivity index (χ0n) is 24.2. The van der Waals surface area contributed by atoms with Gasteiger partial charge < -0.3 is 42.2 Å². The quantitative estimate of drug-likeness (QED) is 0.0297. The smallest absolute Gasteiger partial charge is 0.341 e. The Kier molecular flexibility index (Phi) is 15.1. The predicted octanol–water partition coefficient (Wildman–Crippen LogP) is 0.0355. The molecule has 1 fully saturated rings. The first kappa shape index (κ1) is 36.2. The van der Waals surface area contributed by atoms with Crippen LogP contribution in [0.5, 0.6) is 0 Å². The molecule has 0 radical (unpaired) electrons. The van der Waals surface area contributed by atoms with Crippen molar-refractivity contribution in [1.29, 1.82) is 5.41 Å². The average molecular weight is 609 g/mol.